The van der Waals surface area contributed by atoms with Crippen molar-refractivity contribution in [3.8, 4) is 23.1 Å². The lowest BCUT2D eigenvalue weighted by atomic mass is 10.1. The van der Waals surface area contributed by atoms with Gasteiger partial charge in [-0.3, -0.25) is 9.59 Å². The van der Waals surface area contributed by atoms with Crippen molar-refractivity contribution < 1.29 is 23.8 Å². The van der Waals surface area contributed by atoms with E-state index >= 15 is 0 Å². The lowest BCUT2D eigenvalue weighted by Crippen LogP contribution is -2.36. The first-order valence-electron chi connectivity index (χ1n) is 11.7. The molecular formula is C28H30N2O5. The first-order chi connectivity index (χ1) is 16.9. The number of unbranched alkanes of at least 4 members (excludes halogenated alkanes) is 2. The van der Waals surface area contributed by atoms with Gasteiger partial charge in [-0.2, -0.15) is 5.26 Å². The summed E-state index contributed by atoms with van der Waals surface area (Å²) < 4.78 is 11.4. The van der Waals surface area contributed by atoms with Gasteiger partial charge in [-0.15, -0.1) is 0 Å². The van der Waals surface area contributed by atoms with Gasteiger partial charge in [-0.25, -0.2) is 0 Å². The summed E-state index contributed by atoms with van der Waals surface area (Å²) in [5.41, 5.74) is 2.70. The molecule has 2 aromatic carbocycles. The molecule has 0 atom stereocenters. The lowest BCUT2D eigenvalue weighted by molar-refractivity contribution is -0.137. The van der Waals surface area contributed by atoms with Gasteiger partial charge in [-0.05, 0) is 75.6 Å². The van der Waals surface area contributed by atoms with Crippen LogP contribution in [0.2, 0.25) is 0 Å². The number of carboxylic acid groups (broad SMARTS) is 1. The van der Waals surface area contributed by atoms with E-state index in [2.05, 4.69) is 6.07 Å². The number of amides is 1. The Morgan fingerprint density at radius 2 is 1.86 bits per heavy atom. The maximum atomic E-state index is 13.4. The number of aliphatic carboxylic acids is 1. The van der Waals surface area contributed by atoms with E-state index in [0.717, 1.165) is 29.7 Å². The molecule has 182 valence electrons. The molecule has 0 radical (unpaired) electrons. The number of rotatable bonds is 12. The minimum absolute atomic E-state index is 0.0816. The maximum absolute atomic E-state index is 13.4. The van der Waals surface area contributed by atoms with Crippen molar-refractivity contribution in [1.29, 1.82) is 5.26 Å². The van der Waals surface area contributed by atoms with Crippen LogP contribution in [0.25, 0.3) is 11.3 Å². The van der Waals surface area contributed by atoms with Crippen LogP contribution in [0.15, 0.2) is 65.3 Å². The largest absolute Gasteiger partial charge is 0.493 e. The predicted octanol–water partition coefficient (Wildman–Crippen LogP) is 5.89. The molecule has 1 heterocycles. The Morgan fingerprint density at radius 1 is 1.09 bits per heavy atom. The Bertz CT molecular complexity index is 1160. The molecule has 1 N–H and O–H groups in total. The molecule has 0 unspecified atom stereocenters. The molecule has 0 spiro atoms. The molecule has 1 amide bonds. The summed E-state index contributed by atoms with van der Waals surface area (Å²) in [6.07, 6.45) is 3.84. The fourth-order valence-corrected chi connectivity index (χ4v) is 3.71. The zero-order valence-electron chi connectivity index (χ0n) is 20.1. The number of nitrogens with zero attached hydrogens (tertiary/aromatic N) is 2. The number of furan rings is 1. The topological polar surface area (TPSA) is 104 Å². The second kappa shape index (κ2) is 12.4. The Labute approximate surface area is 205 Å². The number of carboxylic acids is 1. The average Bonchev–Trinajstić information content (AvgIpc) is 3.39. The average molecular weight is 475 g/mol. The summed E-state index contributed by atoms with van der Waals surface area (Å²) in [5, 5.41) is 18.1. The molecule has 35 heavy (non-hydrogen) atoms. The highest BCUT2D eigenvalue weighted by molar-refractivity contribution is 5.94. The fraction of sp³-hybridized carbons (Fsp3) is 0.321. The Morgan fingerprint density at radius 3 is 2.49 bits per heavy atom. The number of hydrogen-bond acceptors (Lipinski definition) is 5. The molecule has 0 saturated heterocycles. The molecule has 3 rings (SSSR count). The van der Waals surface area contributed by atoms with E-state index < -0.39 is 5.97 Å². The summed E-state index contributed by atoms with van der Waals surface area (Å²) in [7, 11) is 0. The van der Waals surface area contributed by atoms with E-state index in [0.29, 0.717) is 36.4 Å². The quantitative estimate of drug-likeness (QED) is 0.328. The molecule has 0 saturated carbocycles. The molecule has 7 heteroatoms. The summed E-state index contributed by atoms with van der Waals surface area (Å²) in [6.45, 7) is 4.63. The zero-order chi connectivity index (χ0) is 25.2. The zero-order valence-corrected chi connectivity index (χ0v) is 20.1. The monoisotopic (exact) mass is 474 g/mol. The van der Waals surface area contributed by atoms with Gasteiger partial charge >= 0.3 is 5.97 Å². The maximum Gasteiger partial charge on any atom is 0.303 e. The summed E-state index contributed by atoms with van der Waals surface area (Å²) in [4.78, 5) is 25.8. The van der Waals surface area contributed by atoms with Crippen molar-refractivity contribution in [2.75, 3.05) is 6.61 Å². The van der Waals surface area contributed by atoms with Gasteiger partial charge in [0.05, 0.1) is 24.5 Å². The number of carbonyl (C=O) groups is 2. The highest BCUT2D eigenvalue weighted by Gasteiger charge is 2.21. The standard InChI is InChI=1S/C28H30N2O5/c1-20(2)30(28(33)23-12-10-22(11-13-23)25-7-6-16-35-25)19-24-17-21(18-29)9-14-26(24)34-15-5-3-4-8-27(31)32/h6-7,9-14,16-17,20H,3-5,8,15,19H2,1-2H3,(H,31,32). The van der Waals surface area contributed by atoms with Crippen molar-refractivity contribution in [2.24, 2.45) is 0 Å². The highest BCUT2D eigenvalue weighted by Crippen LogP contribution is 2.25. The number of nitriles is 1. The van der Waals surface area contributed by atoms with Crippen LogP contribution in [-0.2, 0) is 11.3 Å². The van der Waals surface area contributed by atoms with E-state index in [1.807, 2.05) is 38.1 Å². The van der Waals surface area contributed by atoms with E-state index in [1.165, 1.54) is 0 Å². The Kier molecular flexibility index (Phi) is 9.08. The van der Waals surface area contributed by atoms with Crippen molar-refractivity contribution in [2.45, 2.75) is 52.1 Å². The van der Waals surface area contributed by atoms with Crippen LogP contribution in [0.5, 0.6) is 5.75 Å². The minimum Gasteiger partial charge on any atom is -0.493 e. The smallest absolute Gasteiger partial charge is 0.303 e. The third-order valence-corrected chi connectivity index (χ3v) is 5.64. The Hall–Kier alpha value is -4.05. The molecule has 1 aromatic heterocycles. The van der Waals surface area contributed by atoms with Gasteiger partial charge in [-0.1, -0.05) is 12.1 Å². The molecule has 7 nitrogen and oxygen atoms in total. The Balaban J connectivity index is 1.73. The first-order valence-corrected chi connectivity index (χ1v) is 11.7. The number of benzene rings is 2. The molecule has 3 aromatic rings. The van der Waals surface area contributed by atoms with Crippen molar-refractivity contribution >= 4 is 11.9 Å². The predicted molar refractivity (Wildman–Crippen MR) is 132 cm³/mol. The van der Waals surface area contributed by atoms with E-state index in [1.54, 1.807) is 41.5 Å². The second-order valence-corrected chi connectivity index (χ2v) is 8.57. The first kappa shape index (κ1) is 25.6. The van der Waals surface area contributed by atoms with E-state index in [9.17, 15) is 14.9 Å². The van der Waals surface area contributed by atoms with Gasteiger partial charge < -0.3 is 19.2 Å². The third-order valence-electron chi connectivity index (χ3n) is 5.64. The minimum atomic E-state index is -0.797. The SMILES string of the molecule is CC(C)N(Cc1cc(C#N)ccc1OCCCCCC(=O)O)C(=O)c1ccc(-c2ccco2)cc1. The van der Waals surface area contributed by atoms with Crippen LogP contribution in [0.3, 0.4) is 0 Å². The van der Waals surface area contributed by atoms with Gasteiger partial charge in [0, 0.05) is 35.7 Å². The van der Waals surface area contributed by atoms with Crippen LogP contribution in [-0.4, -0.2) is 34.5 Å². The van der Waals surface area contributed by atoms with Gasteiger partial charge in [0.2, 0.25) is 0 Å². The normalized spacial score (nSPS) is 10.7. The number of carbonyl (C=O) groups excluding carboxylic acids is 1. The second-order valence-electron chi connectivity index (χ2n) is 8.57. The molecular weight excluding hydrogens is 444 g/mol. The molecule has 0 aliphatic rings. The van der Waals surface area contributed by atoms with Crippen molar-refractivity contribution in [3.63, 3.8) is 0 Å². The van der Waals surface area contributed by atoms with Crippen LogP contribution >= 0.6 is 0 Å². The van der Waals surface area contributed by atoms with Crippen LogP contribution < -0.4 is 4.74 Å². The number of hydrogen-bond donors (Lipinski definition) is 1. The lowest BCUT2D eigenvalue weighted by Gasteiger charge is -2.28. The van der Waals surface area contributed by atoms with Gasteiger partial charge in [0.25, 0.3) is 5.91 Å². The van der Waals surface area contributed by atoms with Gasteiger partial charge in [0.15, 0.2) is 0 Å². The molecule has 0 fully saturated rings. The summed E-state index contributed by atoms with van der Waals surface area (Å²) in [5.74, 6) is 0.443. The fourth-order valence-electron chi connectivity index (χ4n) is 3.71. The number of ether oxygens (including phenoxy) is 1. The molecule has 0 aliphatic carbocycles. The third kappa shape index (κ3) is 7.21. The van der Waals surface area contributed by atoms with Crippen molar-refractivity contribution in [1.82, 2.24) is 4.90 Å². The molecule has 0 bridgehead atoms. The van der Waals surface area contributed by atoms with E-state index in [-0.39, 0.29) is 18.4 Å². The summed E-state index contributed by atoms with van der Waals surface area (Å²) in [6, 6.07) is 18.3. The van der Waals surface area contributed by atoms with Gasteiger partial charge in [0.1, 0.15) is 11.5 Å². The van der Waals surface area contributed by atoms with E-state index in [4.69, 9.17) is 14.3 Å². The van der Waals surface area contributed by atoms with Crippen LogP contribution in [0.4, 0.5) is 0 Å². The van der Waals surface area contributed by atoms with Crippen LogP contribution in [0, 0.1) is 11.3 Å². The highest BCUT2D eigenvalue weighted by atomic mass is 16.5. The molecule has 0 aliphatic heterocycles. The van der Waals surface area contributed by atoms with Crippen molar-refractivity contribution in [3.05, 3.63) is 77.6 Å². The van der Waals surface area contributed by atoms with Crippen LogP contribution in [0.1, 0.15) is 61.0 Å². The summed E-state index contributed by atoms with van der Waals surface area (Å²) >= 11 is 0.